The first kappa shape index (κ1) is 13.1. The molecule has 21 heavy (non-hydrogen) atoms. The molecular formula is C18H15N3. The number of nitrogens with two attached hydrogens (primary N) is 1. The maximum Gasteiger partial charge on any atom is 0.0703 e. The summed E-state index contributed by atoms with van der Waals surface area (Å²) in [5.74, 6) is 0. The van der Waals surface area contributed by atoms with Crippen molar-refractivity contribution < 1.29 is 0 Å². The Morgan fingerprint density at radius 3 is 2.00 bits per heavy atom. The molecule has 2 N–H and O–H groups in total. The van der Waals surface area contributed by atoms with Crippen molar-refractivity contribution in [2.45, 2.75) is 0 Å². The first-order valence-electron chi connectivity index (χ1n) is 6.73. The molecule has 2 heterocycles. The molecule has 0 amide bonds. The molecular weight excluding hydrogens is 258 g/mol. The van der Waals surface area contributed by atoms with Gasteiger partial charge in [-0.15, -0.1) is 0 Å². The first-order chi connectivity index (χ1) is 10.3. The summed E-state index contributed by atoms with van der Waals surface area (Å²) in [6, 6.07) is 21.7. The predicted molar refractivity (Wildman–Crippen MR) is 87.9 cm³/mol. The highest BCUT2D eigenvalue weighted by Crippen LogP contribution is 2.13. The van der Waals surface area contributed by atoms with Gasteiger partial charge >= 0.3 is 0 Å². The van der Waals surface area contributed by atoms with E-state index in [1.54, 1.807) is 6.20 Å². The van der Waals surface area contributed by atoms with E-state index in [-0.39, 0.29) is 0 Å². The van der Waals surface area contributed by atoms with Crippen molar-refractivity contribution >= 4 is 27.5 Å². The molecule has 0 bridgehead atoms. The molecule has 0 aliphatic heterocycles. The van der Waals surface area contributed by atoms with Crippen LogP contribution in [-0.4, -0.2) is 9.97 Å². The van der Waals surface area contributed by atoms with Gasteiger partial charge in [-0.25, -0.2) is 0 Å². The Hall–Kier alpha value is -2.94. The van der Waals surface area contributed by atoms with Crippen LogP contribution in [0.25, 0.3) is 21.8 Å². The van der Waals surface area contributed by atoms with Crippen LogP contribution in [0.5, 0.6) is 0 Å². The van der Waals surface area contributed by atoms with Gasteiger partial charge in [0, 0.05) is 28.9 Å². The van der Waals surface area contributed by atoms with Crippen LogP contribution in [0.3, 0.4) is 0 Å². The van der Waals surface area contributed by atoms with Crippen LogP contribution in [0.15, 0.2) is 79.1 Å². The second kappa shape index (κ2) is 6.01. The van der Waals surface area contributed by atoms with Gasteiger partial charge in [0.2, 0.25) is 0 Å². The SMILES string of the molecule is Nc1ccc2ncccc2c1.c1ccc2ncccc2c1. The van der Waals surface area contributed by atoms with Gasteiger partial charge < -0.3 is 5.73 Å². The average molecular weight is 273 g/mol. The highest BCUT2D eigenvalue weighted by atomic mass is 14.6. The molecule has 0 fully saturated rings. The second-order valence-electron chi connectivity index (χ2n) is 4.65. The highest BCUT2D eigenvalue weighted by Gasteiger charge is 1.91. The molecule has 0 unspecified atom stereocenters. The molecule has 2 aromatic heterocycles. The van der Waals surface area contributed by atoms with Gasteiger partial charge in [0.15, 0.2) is 0 Å². The first-order valence-corrected chi connectivity index (χ1v) is 6.73. The monoisotopic (exact) mass is 273 g/mol. The van der Waals surface area contributed by atoms with Crippen LogP contribution < -0.4 is 5.73 Å². The summed E-state index contributed by atoms with van der Waals surface area (Å²) in [4.78, 5) is 8.35. The number of pyridine rings is 2. The topological polar surface area (TPSA) is 51.8 Å². The van der Waals surface area contributed by atoms with E-state index >= 15 is 0 Å². The summed E-state index contributed by atoms with van der Waals surface area (Å²) in [6.07, 6.45) is 3.58. The van der Waals surface area contributed by atoms with Crippen molar-refractivity contribution in [3.63, 3.8) is 0 Å². The number of rotatable bonds is 0. The summed E-state index contributed by atoms with van der Waals surface area (Å²) < 4.78 is 0. The molecule has 0 aliphatic carbocycles. The number of hydrogen-bond donors (Lipinski definition) is 1. The smallest absolute Gasteiger partial charge is 0.0703 e. The summed E-state index contributed by atoms with van der Waals surface area (Å²) in [5, 5.41) is 2.29. The van der Waals surface area contributed by atoms with E-state index in [2.05, 4.69) is 22.1 Å². The standard InChI is InChI=1S/C9H8N2.C9H7N/c10-8-3-4-9-7(6-8)2-1-5-11-9;1-2-6-9-8(4-1)5-3-7-10-9/h1-6H,10H2;1-7H. The van der Waals surface area contributed by atoms with E-state index in [4.69, 9.17) is 5.73 Å². The third kappa shape index (κ3) is 3.15. The number of para-hydroxylation sites is 1. The largest absolute Gasteiger partial charge is 0.399 e. The van der Waals surface area contributed by atoms with Crippen molar-refractivity contribution in [2.75, 3.05) is 5.73 Å². The number of nitrogen functional groups attached to an aromatic ring is 1. The third-order valence-corrected chi connectivity index (χ3v) is 3.14. The zero-order valence-corrected chi connectivity index (χ0v) is 11.5. The molecule has 2 aromatic carbocycles. The van der Waals surface area contributed by atoms with E-state index in [0.717, 1.165) is 22.1 Å². The Kier molecular flexibility index (Phi) is 3.74. The van der Waals surface area contributed by atoms with E-state index < -0.39 is 0 Å². The summed E-state index contributed by atoms with van der Waals surface area (Å²) in [5.41, 5.74) is 8.43. The molecule has 0 atom stereocenters. The van der Waals surface area contributed by atoms with Crippen molar-refractivity contribution in [2.24, 2.45) is 0 Å². The number of fused-ring (bicyclic) bond motifs is 2. The third-order valence-electron chi connectivity index (χ3n) is 3.14. The summed E-state index contributed by atoms with van der Waals surface area (Å²) in [7, 11) is 0. The van der Waals surface area contributed by atoms with Gasteiger partial charge in [-0.2, -0.15) is 0 Å². The van der Waals surface area contributed by atoms with Crippen molar-refractivity contribution in [3.8, 4) is 0 Å². The number of hydrogen-bond acceptors (Lipinski definition) is 3. The lowest BCUT2D eigenvalue weighted by Crippen LogP contribution is -1.84. The number of nitrogens with zero attached hydrogens (tertiary/aromatic N) is 2. The molecule has 3 heteroatoms. The van der Waals surface area contributed by atoms with Crippen molar-refractivity contribution in [3.05, 3.63) is 79.1 Å². The van der Waals surface area contributed by atoms with E-state index in [1.807, 2.05) is 60.8 Å². The van der Waals surface area contributed by atoms with Crippen LogP contribution in [0, 0.1) is 0 Å². The van der Waals surface area contributed by atoms with Crippen LogP contribution in [0.1, 0.15) is 0 Å². The van der Waals surface area contributed by atoms with Gasteiger partial charge in [-0.1, -0.05) is 30.3 Å². The Balaban J connectivity index is 0.000000126. The average Bonchev–Trinajstić information content (AvgIpc) is 2.55. The summed E-state index contributed by atoms with van der Waals surface area (Å²) in [6.45, 7) is 0. The van der Waals surface area contributed by atoms with Gasteiger partial charge in [0.25, 0.3) is 0 Å². The Morgan fingerprint density at radius 2 is 1.24 bits per heavy atom. The minimum Gasteiger partial charge on any atom is -0.399 e. The van der Waals surface area contributed by atoms with Crippen molar-refractivity contribution in [1.82, 2.24) is 9.97 Å². The fourth-order valence-electron chi connectivity index (χ4n) is 2.11. The van der Waals surface area contributed by atoms with Crippen LogP contribution >= 0.6 is 0 Å². The number of anilines is 1. The zero-order valence-electron chi connectivity index (χ0n) is 11.5. The second-order valence-corrected chi connectivity index (χ2v) is 4.65. The number of aromatic nitrogens is 2. The Morgan fingerprint density at radius 1 is 0.619 bits per heavy atom. The van der Waals surface area contributed by atoms with Crippen LogP contribution in [0.2, 0.25) is 0 Å². The van der Waals surface area contributed by atoms with Crippen LogP contribution in [0.4, 0.5) is 5.69 Å². The molecule has 0 aliphatic rings. The zero-order chi connectivity index (χ0) is 14.5. The minimum atomic E-state index is 0.783. The molecule has 0 radical (unpaired) electrons. The fraction of sp³-hybridized carbons (Fsp3) is 0. The Bertz CT molecular complexity index is 806. The molecule has 4 aromatic rings. The molecule has 3 nitrogen and oxygen atoms in total. The van der Waals surface area contributed by atoms with E-state index in [9.17, 15) is 0 Å². The van der Waals surface area contributed by atoms with Gasteiger partial charge in [-0.05, 0) is 36.4 Å². The summed E-state index contributed by atoms with van der Waals surface area (Å²) >= 11 is 0. The lowest BCUT2D eigenvalue weighted by atomic mass is 10.2. The maximum atomic E-state index is 5.60. The lowest BCUT2D eigenvalue weighted by molar-refractivity contribution is 1.41. The molecule has 102 valence electrons. The molecule has 0 saturated heterocycles. The predicted octanol–water partition coefficient (Wildman–Crippen LogP) is 4.05. The van der Waals surface area contributed by atoms with Crippen LogP contribution in [-0.2, 0) is 0 Å². The van der Waals surface area contributed by atoms with Gasteiger partial charge in [-0.3, -0.25) is 9.97 Å². The van der Waals surface area contributed by atoms with E-state index in [0.29, 0.717) is 0 Å². The Labute approximate surface area is 123 Å². The van der Waals surface area contributed by atoms with Gasteiger partial charge in [0.05, 0.1) is 11.0 Å². The minimum absolute atomic E-state index is 0.783. The molecule has 0 saturated carbocycles. The number of benzene rings is 2. The molecule has 4 rings (SSSR count). The maximum absolute atomic E-state index is 5.60. The quantitative estimate of drug-likeness (QED) is 0.492. The normalized spacial score (nSPS) is 10.1. The highest BCUT2D eigenvalue weighted by molar-refractivity contribution is 5.81. The van der Waals surface area contributed by atoms with Crippen molar-refractivity contribution in [1.29, 1.82) is 0 Å². The fourth-order valence-corrected chi connectivity index (χ4v) is 2.11. The lowest BCUT2D eigenvalue weighted by Gasteiger charge is -1.96. The van der Waals surface area contributed by atoms with Gasteiger partial charge in [0.1, 0.15) is 0 Å². The van der Waals surface area contributed by atoms with E-state index in [1.165, 1.54) is 5.39 Å². The molecule has 0 spiro atoms.